The highest BCUT2D eigenvalue weighted by molar-refractivity contribution is 5.08. The van der Waals surface area contributed by atoms with Crippen LogP contribution in [-0.4, -0.2) is 23.4 Å². The van der Waals surface area contributed by atoms with Crippen molar-refractivity contribution in [3.63, 3.8) is 0 Å². The number of fused-ring (bicyclic) bond motifs is 3. The predicted octanol–water partition coefficient (Wildman–Crippen LogP) is 1.55. The fourth-order valence-corrected chi connectivity index (χ4v) is 1.93. The fourth-order valence-electron chi connectivity index (χ4n) is 1.93. The maximum atomic E-state index is 13.1. The first kappa shape index (κ1) is 9.09. The first-order valence-electron chi connectivity index (χ1n) is 4.43. The first-order chi connectivity index (χ1) is 6.00. The van der Waals surface area contributed by atoms with Crippen LogP contribution >= 0.6 is 0 Å². The van der Waals surface area contributed by atoms with Gasteiger partial charge in [0.15, 0.2) is 0 Å². The number of hydrogen-bond donors (Lipinski definition) is 1. The second kappa shape index (κ2) is 2.75. The van der Waals surface area contributed by atoms with E-state index in [2.05, 4.69) is 4.74 Å². The summed E-state index contributed by atoms with van der Waals surface area (Å²) in [6.07, 6.45) is -1.48. The van der Waals surface area contributed by atoms with Gasteiger partial charge in [0.25, 0.3) is 0 Å². The summed E-state index contributed by atoms with van der Waals surface area (Å²) in [5.41, 5.74) is 0. The second-order valence-corrected chi connectivity index (χ2v) is 3.84. The van der Waals surface area contributed by atoms with Gasteiger partial charge in [-0.3, -0.25) is 0 Å². The van der Waals surface area contributed by atoms with Gasteiger partial charge in [0.05, 0.1) is 12.0 Å². The third-order valence-corrected chi connectivity index (χ3v) is 2.80. The Morgan fingerprint density at radius 2 is 2.15 bits per heavy atom. The Balaban J connectivity index is 2.31. The highest BCUT2D eigenvalue weighted by Gasteiger charge is 2.50. The molecular formula is C9H12F2O2. The number of aliphatic hydroxyl groups is 1. The molecule has 2 bridgehead atoms. The van der Waals surface area contributed by atoms with Crippen LogP contribution in [0.15, 0.2) is 12.2 Å². The van der Waals surface area contributed by atoms with Gasteiger partial charge in [0.1, 0.15) is 6.10 Å². The van der Waals surface area contributed by atoms with Crippen LogP contribution in [0.1, 0.15) is 13.3 Å². The predicted molar refractivity (Wildman–Crippen MR) is 42.2 cm³/mol. The van der Waals surface area contributed by atoms with Crippen LogP contribution < -0.4 is 0 Å². The molecule has 4 heteroatoms. The summed E-state index contributed by atoms with van der Waals surface area (Å²) in [6, 6.07) is 0. The van der Waals surface area contributed by atoms with Gasteiger partial charge in [-0.05, 0) is 12.3 Å². The summed E-state index contributed by atoms with van der Waals surface area (Å²) in [7, 11) is 0. The molecule has 2 aliphatic heterocycles. The lowest BCUT2D eigenvalue weighted by molar-refractivity contribution is -0.284. The van der Waals surface area contributed by atoms with Crippen molar-refractivity contribution < 1.29 is 18.6 Å². The summed E-state index contributed by atoms with van der Waals surface area (Å²) in [4.78, 5) is 0. The lowest BCUT2D eigenvalue weighted by Gasteiger charge is -2.28. The zero-order valence-electron chi connectivity index (χ0n) is 7.28. The van der Waals surface area contributed by atoms with Gasteiger partial charge in [-0.25, -0.2) is 0 Å². The van der Waals surface area contributed by atoms with Gasteiger partial charge >= 0.3 is 6.11 Å². The molecule has 74 valence electrons. The van der Waals surface area contributed by atoms with Crippen LogP contribution in [-0.2, 0) is 4.74 Å². The Morgan fingerprint density at radius 1 is 1.46 bits per heavy atom. The molecule has 0 aromatic carbocycles. The van der Waals surface area contributed by atoms with Crippen molar-refractivity contribution in [2.75, 3.05) is 0 Å². The van der Waals surface area contributed by atoms with E-state index in [0.717, 1.165) is 0 Å². The number of rotatable bonds is 0. The molecule has 1 fully saturated rings. The smallest absolute Gasteiger partial charge is 0.362 e. The molecular weight excluding hydrogens is 178 g/mol. The Hall–Kier alpha value is -0.480. The summed E-state index contributed by atoms with van der Waals surface area (Å²) in [5, 5.41) is 9.57. The molecule has 0 spiro atoms. The third kappa shape index (κ3) is 1.38. The Kier molecular flexibility index (Phi) is 1.92. The van der Waals surface area contributed by atoms with Gasteiger partial charge in [-0.1, -0.05) is 19.1 Å². The standard InChI is InChI=1S/C9H12F2O2/c1-5-4-6-2-3-7(8(5)12)13-9(6,10)11/h2-3,5-8,12H,4H2,1H3/t5-,6+,7-,8?/m1/s1. The van der Waals surface area contributed by atoms with E-state index in [1.165, 1.54) is 12.2 Å². The summed E-state index contributed by atoms with van der Waals surface area (Å²) < 4.78 is 30.8. The minimum Gasteiger partial charge on any atom is -0.390 e. The van der Waals surface area contributed by atoms with Crippen molar-refractivity contribution in [2.24, 2.45) is 11.8 Å². The molecule has 1 unspecified atom stereocenters. The third-order valence-electron chi connectivity index (χ3n) is 2.80. The molecule has 0 aromatic rings. The molecule has 2 nitrogen and oxygen atoms in total. The van der Waals surface area contributed by atoms with E-state index in [1.54, 1.807) is 6.92 Å². The molecule has 0 aromatic heterocycles. The van der Waals surface area contributed by atoms with Crippen LogP contribution in [0.3, 0.4) is 0 Å². The van der Waals surface area contributed by atoms with E-state index >= 15 is 0 Å². The van der Waals surface area contributed by atoms with Crippen LogP contribution in [0.2, 0.25) is 0 Å². The summed E-state index contributed by atoms with van der Waals surface area (Å²) in [5.74, 6) is -1.02. The van der Waals surface area contributed by atoms with Gasteiger partial charge in [-0.15, -0.1) is 0 Å². The number of ether oxygens (including phenoxy) is 1. The molecule has 1 saturated heterocycles. The molecule has 0 radical (unpaired) electrons. The maximum absolute atomic E-state index is 13.1. The van der Waals surface area contributed by atoms with Crippen molar-refractivity contribution in [1.82, 2.24) is 0 Å². The van der Waals surface area contributed by atoms with E-state index in [4.69, 9.17) is 0 Å². The molecule has 2 heterocycles. The minimum absolute atomic E-state index is 0.140. The van der Waals surface area contributed by atoms with Crippen LogP contribution in [0, 0.1) is 11.8 Å². The minimum atomic E-state index is -3.11. The van der Waals surface area contributed by atoms with Gasteiger partial charge < -0.3 is 9.84 Å². The average Bonchev–Trinajstić information content (AvgIpc) is 2.20. The molecule has 3 aliphatic rings. The van der Waals surface area contributed by atoms with E-state index in [1.807, 2.05) is 0 Å². The fraction of sp³-hybridized carbons (Fsp3) is 0.778. The molecule has 0 amide bonds. The van der Waals surface area contributed by atoms with Crippen LogP contribution in [0.25, 0.3) is 0 Å². The second-order valence-electron chi connectivity index (χ2n) is 3.84. The topological polar surface area (TPSA) is 29.5 Å². The van der Waals surface area contributed by atoms with E-state index in [0.29, 0.717) is 0 Å². The highest BCUT2D eigenvalue weighted by Crippen LogP contribution is 2.42. The van der Waals surface area contributed by atoms with Crippen LogP contribution in [0.5, 0.6) is 0 Å². The first-order valence-corrected chi connectivity index (χ1v) is 4.43. The molecule has 4 atom stereocenters. The van der Waals surface area contributed by atoms with E-state index in [-0.39, 0.29) is 12.3 Å². The van der Waals surface area contributed by atoms with Crippen molar-refractivity contribution in [3.05, 3.63) is 12.2 Å². The zero-order chi connectivity index (χ0) is 9.64. The van der Waals surface area contributed by atoms with Crippen molar-refractivity contribution >= 4 is 0 Å². The van der Waals surface area contributed by atoms with Crippen molar-refractivity contribution in [1.29, 1.82) is 0 Å². The number of alkyl halides is 2. The SMILES string of the molecule is C[C@@H]1C[C@@H]2C=C[C@@H](OC2(F)F)C1O. The summed E-state index contributed by atoms with van der Waals surface area (Å²) in [6.45, 7) is 1.77. The quantitative estimate of drug-likeness (QED) is 0.587. The van der Waals surface area contributed by atoms with Crippen LogP contribution in [0.4, 0.5) is 8.78 Å². The number of hydrogen-bond acceptors (Lipinski definition) is 2. The van der Waals surface area contributed by atoms with E-state index in [9.17, 15) is 13.9 Å². The van der Waals surface area contributed by atoms with E-state index < -0.39 is 24.2 Å². The molecule has 3 rings (SSSR count). The summed E-state index contributed by atoms with van der Waals surface area (Å²) >= 11 is 0. The maximum Gasteiger partial charge on any atom is 0.362 e. The number of halogens is 2. The average molecular weight is 190 g/mol. The largest absolute Gasteiger partial charge is 0.390 e. The van der Waals surface area contributed by atoms with Gasteiger partial charge in [-0.2, -0.15) is 8.78 Å². The highest BCUT2D eigenvalue weighted by atomic mass is 19.3. The van der Waals surface area contributed by atoms with Gasteiger partial charge in [0, 0.05) is 0 Å². The van der Waals surface area contributed by atoms with Crippen molar-refractivity contribution in [3.8, 4) is 0 Å². The van der Waals surface area contributed by atoms with Crippen molar-refractivity contribution in [2.45, 2.75) is 31.7 Å². The van der Waals surface area contributed by atoms with Gasteiger partial charge in [0.2, 0.25) is 0 Å². The zero-order valence-corrected chi connectivity index (χ0v) is 7.28. The molecule has 1 aliphatic carbocycles. The molecule has 0 saturated carbocycles. The number of aliphatic hydroxyl groups excluding tert-OH is 1. The Morgan fingerprint density at radius 3 is 2.77 bits per heavy atom. The Bertz CT molecular complexity index is 240. The Labute approximate surface area is 75.2 Å². The normalized spacial score (nSPS) is 47.7. The lowest BCUT2D eigenvalue weighted by atomic mass is 9.94. The molecule has 1 N–H and O–H groups in total. The monoisotopic (exact) mass is 190 g/mol. The lowest BCUT2D eigenvalue weighted by Crippen LogP contribution is -2.38. The molecule has 13 heavy (non-hydrogen) atoms.